The molecule has 1 aliphatic heterocycles. The maximum Gasteiger partial charge on any atom is 0.217 e. The molecular weight excluding hydrogens is 416 g/mol. The van der Waals surface area contributed by atoms with Crippen LogP contribution in [0.15, 0.2) is 36.7 Å². The summed E-state index contributed by atoms with van der Waals surface area (Å²) in [4.78, 5) is 29.2. The molecule has 0 unspecified atom stereocenters. The molecule has 32 heavy (non-hydrogen) atoms. The van der Waals surface area contributed by atoms with E-state index < -0.39 is 30.4 Å². The van der Waals surface area contributed by atoms with Crippen LogP contribution in [0.2, 0.25) is 0 Å². The van der Waals surface area contributed by atoms with Crippen molar-refractivity contribution in [3.63, 3.8) is 0 Å². The standard InChI is InChI=1S/C21H22N6O5/c1-31-26-19-16-20(25-15(24-19)10-7-12-5-3-2-4-6-12)27(11-23-16)21-18(30)17(29)13(32-21)8-9-14(22)28/h2-6,11,13,17-18,21,29-30H,8-9H2,1H3,(H2,22,28)(H,24,25,26)/t13-,17+,18+,21+/m0/s1. The molecule has 1 amide bonds. The Kier molecular flexibility index (Phi) is 6.29. The van der Waals surface area contributed by atoms with Gasteiger partial charge in [-0.2, -0.15) is 4.98 Å². The number of fused-ring (bicyclic) bond motifs is 1. The first-order valence-electron chi connectivity index (χ1n) is 9.88. The second-order valence-electron chi connectivity index (χ2n) is 7.19. The lowest BCUT2D eigenvalue weighted by atomic mass is 10.1. The van der Waals surface area contributed by atoms with Gasteiger partial charge in [-0.05, 0) is 24.5 Å². The van der Waals surface area contributed by atoms with Crippen molar-refractivity contribution in [1.29, 1.82) is 0 Å². The summed E-state index contributed by atoms with van der Waals surface area (Å²) in [5, 5.41) is 20.9. The third-order valence-electron chi connectivity index (χ3n) is 5.00. The molecule has 1 aliphatic rings. The van der Waals surface area contributed by atoms with Gasteiger partial charge in [-0.25, -0.2) is 15.4 Å². The molecule has 0 spiro atoms. The number of aliphatic hydroxyl groups is 2. The topological polar surface area (TPSA) is 158 Å². The Hall–Kier alpha value is -3.56. The number of nitrogens with zero attached hydrogens (tertiary/aromatic N) is 4. The average molecular weight is 438 g/mol. The number of rotatable bonds is 6. The minimum atomic E-state index is -1.27. The van der Waals surface area contributed by atoms with Gasteiger partial charge in [0.1, 0.15) is 12.2 Å². The number of ether oxygens (including phenoxy) is 1. The molecule has 0 radical (unpaired) electrons. The Labute approximate surface area is 183 Å². The van der Waals surface area contributed by atoms with E-state index in [2.05, 4.69) is 32.3 Å². The Morgan fingerprint density at radius 2 is 2.03 bits per heavy atom. The SMILES string of the molecule is CONc1nc(C#Cc2ccccc2)nc2c1ncn2[C@@H]1O[C@@H](CCC(N)=O)[C@@H](O)[C@H]1O. The molecule has 4 rings (SSSR count). The molecular formula is C21H22N6O5. The fourth-order valence-electron chi connectivity index (χ4n) is 3.46. The summed E-state index contributed by atoms with van der Waals surface area (Å²) in [6.45, 7) is 0. The molecule has 1 aromatic carbocycles. The zero-order valence-corrected chi connectivity index (χ0v) is 17.2. The van der Waals surface area contributed by atoms with E-state index in [0.717, 1.165) is 5.56 Å². The van der Waals surface area contributed by atoms with Crippen LogP contribution in [-0.2, 0) is 14.4 Å². The highest BCUT2D eigenvalue weighted by atomic mass is 16.6. The molecule has 3 aromatic rings. The highest BCUT2D eigenvalue weighted by molar-refractivity contribution is 5.83. The number of aromatic nitrogens is 4. The van der Waals surface area contributed by atoms with Crippen molar-refractivity contribution < 1.29 is 24.6 Å². The fourth-order valence-corrected chi connectivity index (χ4v) is 3.46. The number of nitrogens with two attached hydrogens (primary N) is 1. The van der Waals surface area contributed by atoms with Crippen LogP contribution in [0.25, 0.3) is 11.2 Å². The molecule has 2 aromatic heterocycles. The van der Waals surface area contributed by atoms with Gasteiger partial charge in [0.25, 0.3) is 0 Å². The zero-order chi connectivity index (χ0) is 22.7. The largest absolute Gasteiger partial charge is 0.388 e. The Bertz CT molecular complexity index is 1170. The van der Waals surface area contributed by atoms with Crippen LogP contribution in [0.1, 0.15) is 30.5 Å². The van der Waals surface area contributed by atoms with E-state index in [1.165, 1.54) is 18.0 Å². The minimum absolute atomic E-state index is 0.0230. The lowest BCUT2D eigenvalue weighted by molar-refractivity contribution is -0.119. The first-order chi connectivity index (χ1) is 15.5. The number of carbonyl (C=O) groups excluding carboxylic acids is 1. The summed E-state index contributed by atoms with van der Waals surface area (Å²) < 4.78 is 7.31. The normalized spacial score (nSPS) is 22.5. The van der Waals surface area contributed by atoms with E-state index in [9.17, 15) is 15.0 Å². The molecule has 11 nitrogen and oxygen atoms in total. The van der Waals surface area contributed by atoms with E-state index in [1.54, 1.807) is 0 Å². The van der Waals surface area contributed by atoms with Crippen LogP contribution < -0.4 is 11.2 Å². The van der Waals surface area contributed by atoms with Gasteiger partial charge in [0.15, 0.2) is 23.2 Å². The number of aliphatic hydroxyl groups excluding tert-OH is 2. The molecule has 4 atom stereocenters. The quantitative estimate of drug-likeness (QED) is 0.309. The van der Waals surface area contributed by atoms with Gasteiger partial charge < -0.3 is 20.7 Å². The smallest absolute Gasteiger partial charge is 0.217 e. The monoisotopic (exact) mass is 438 g/mol. The Morgan fingerprint density at radius 3 is 2.75 bits per heavy atom. The van der Waals surface area contributed by atoms with Crippen molar-refractivity contribution in [3.05, 3.63) is 48.0 Å². The number of hydrogen-bond donors (Lipinski definition) is 4. The first kappa shape index (κ1) is 21.7. The van der Waals surface area contributed by atoms with E-state index in [4.69, 9.17) is 15.3 Å². The van der Waals surface area contributed by atoms with Gasteiger partial charge in [-0.1, -0.05) is 24.1 Å². The predicted octanol–water partition coefficient (Wildman–Crippen LogP) is 0.0841. The second-order valence-corrected chi connectivity index (χ2v) is 7.19. The summed E-state index contributed by atoms with van der Waals surface area (Å²) in [7, 11) is 1.43. The number of hydrogen-bond acceptors (Lipinski definition) is 9. The minimum Gasteiger partial charge on any atom is -0.388 e. The molecule has 11 heteroatoms. The number of carbonyl (C=O) groups is 1. The summed E-state index contributed by atoms with van der Waals surface area (Å²) in [5.41, 5.74) is 9.32. The van der Waals surface area contributed by atoms with Crippen LogP contribution in [0.4, 0.5) is 5.82 Å². The van der Waals surface area contributed by atoms with Crippen LogP contribution in [-0.4, -0.2) is 61.1 Å². The highest BCUT2D eigenvalue weighted by Crippen LogP contribution is 2.34. The van der Waals surface area contributed by atoms with Gasteiger partial charge >= 0.3 is 0 Å². The molecule has 0 bridgehead atoms. The molecule has 1 fully saturated rings. The summed E-state index contributed by atoms with van der Waals surface area (Å²) >= 11 is 0. The van der Waals surface area contributed by atoms with Crippen molar-refractivity contribution in [3.8, 4) is 11.8 Å². The van der Waals surface area contributed by atoms with E-state index >= 15 is 0 Å². The molecule has 5 N–H and O–H groups in total. The van der Waals surface area contributed by atoms with E-state index in [1.807, 2.05) is 30.3 Å². The highest BCUT2D eigenvalue weighted by Gasteiger charge is 2.44. The number of anilines is 1. The number of benzene rings is 1. The van der Waals surface area contributed by atoms with Crippen LogP contribution >= 0.6 is 0 Å². The van der Waals surface area contributed by atoms with Gasteiger partial charge in [-0.15, -0.1) is 0 Å². The molecule has 3 heterocycles. The van der Waals surface area contributed by atoms with Crippen molar-refractivity contribution in [2.24, 2.45) is 5.73 Å². The first-order valence-corrected chi connectivity index (χ1v) is 9.88. The number of primary amides is 1. The van der Waals surface area contributed by atoms with Gasteiger partial charge in [0.2, 0.25) is 11.7 Å². The van der Waals surface area contributed by atoms with Crippen LogP contribution in [0.5, 0.6) is 0 Å². The lowest BCUT2D eigenvalue weighted by Crippen LogP contribution is -2.32. The third kappa shape index (κ3) is 4.39. The van der Waals surface area contributed by atoms with E-state index in [-0.39, 0.29) is 24.5 Å². The maximum absolute atomic E-state index is 11.1. The van der Waals surface area contributed by atoms with Crippen LogP contribution in [0.3, 0.4) is 0 Å². The Balaban J connectivity index is 1.70. The zero-order valence-electron chi connectivity index (χ0n) is 17.2. The van der Waals surface area contributed by atoms with Crippen LogP contribution in [0, 0.1) is 11.8 Å². The van der Waals surface area contributed by atoms with Crippen molar-refractivity contribution in [2.75, 3.05) is 12.6 Å². The lowest BCUT2D eigenvalue weighted by Gasteiger charge is -2.16. The number of amides is 1. The maximum atomic E-state index is 11.1. The average Bonchev–Trinajstić information content (AvgIpc) is 3.33. The van der Waals surface area contributed by atoms with Gasteiger partial charge in [-0.3, -0.25) is 14.2 Å². The summed E-state index contributed by atoms with van der Waals surface area (Å²) in [5.74, 6) is 5.86. The van der Waals surface area contributed by atoms with Crippen molar-refractivity contribution in [2.45, 2.75) is 37.4 Å². The third-order valence-corrected chi connectivity index (χ3v) is 5.00. The summed E-state index contributed by atoms with van der Waals surface area (Å²) in [6.07, 6.45) is -2.59. The van der Waals surface area contributed by atoms with Crippen molar-refractivity contribution >= 4 is 22.9 Å². The molecule has 0 saturated carbocycles. The van der Waals surface area contributed by atoms with E-state index in [0.29, 0.717) is 11.2 Å². The van der Waals surface area contributed by atoms with Crippen molar-refractivity contribution in [1.82, 2.24) is 19.5 Å². The fraction of sp³-hybridized carbons (Fsp3) is 0.333. The van der Waals surface area contributed by atoms with Gasteiger partial charge in [0.05, 0.1) is 19.5 Å². The molecule has 0 aliphatic carbocycles. The summed E-state index contributed by atoms with van der Waals surface area (Å²) in [6, 6.07) is 9.37. The molecule has 1 saturated heterocycles. The Morgan fingerprint density at radius 1 is 1.25 bits per heavy atom. The number of imidazole rings is 1. The number of nitrogens with one attached hydrogen (secondary N) is 1. The predicted molar refractivity (Wildman–Crippen MR) is 113 cm³/mol. The second kappa shape index (κ2) is 9.29. The molecule has 166 valence electrons. The van der Waals surface area contributed by atoms with Gasteiger partial charge in [0, 0.05) is 12.0 Å².